The zero-order chi connectivity index (χ0) is 27.3. The highest BCUT2D eigenvalue weighted by Gasteiger charge is 2.28. The molecular weight excluding hydrogens is 473 g/mol. The van der Waals surface area contributed by atoms with Crippen LogP contribution in [0, 0.1) is 32.5 Å². The van der Waals surface area contributed by atoms with Crippen LogP contribution >= 0.6 is 0 Å². The average Bonchev–Trinajstić information content (AvgIpc) is 2.84. The van der Waals surface area contributed by atoms with Gasteiger partial charge in [-0.2, -0.15) is 0 Å². The van der Waals surface area contributed by atoms with Gasteiger partial charge in [-0.05, 0) is 67.0 Å². The van der Waals surface area contributed by atoms with Gasteiger partial charge in [0.25, 0.3) is 5.56 Å². The molecule has 1 amide bonds. The smallest absolute Gasteiger partial charge is 0.307 e. The van der Waals surface area contributed by atoms with E-state index in [-0.39, 0.29) is 17.9 Å². The molecule has 196 valence electrons. The molecule has 0 saturated carbocycles. The number of aromatic nitrogens is 2. The van der Waals surface area contributed by atoms with E-state index in [0.29, 0.717) is 12.0 Å². The Balaban J connectivity index is 2.02. The molecule has 8 heteroatoms. The summed E-state index contributed by atoms with van der Waals surface area (Å²) in [5, 5.41) is 2.91. The van der Waals surface area contributed by atoms with Crippen molar-refractivity contribution in [2.75, 3.05) is 7.11 Å². The van der Waals surface area contributed by atoms with E-state index >= 15 is 0 Å². The predicted molar refractivity (Wildman–Crippen MR) is 141 cm³/mol. The molecule has 0 fully saturated rings. The lowest BCUT2D eigenvalue weighted by molar-refractivity contribution is -0.141. The van der Waals surface area contributed by atoms with Crippen LogP contribution in [-0.2, 0) is 14.3 Å². The van der Waals surface area contributed by atoms with Crippen LogP contribution in [0.3, 0.4) is 0 Å². The molecule has 1 N–H and O–H groups in total. The summed E-state index contributed by atoms with van der Waals surface area (Å²) in [6.45, 7) is 9.36. The van der Waals surface area contributed by atoms with Gasteiger partial charge in [-0.25, -0.2) is 4.39 Å². The van der Waals surface area contributed by atoms with Crippen molar-refractivity contribution >= 4 is 11.9 Å². The van der Waals surface area contributed by atoms with E-state index in [2.05, 4.69) is 10.3 Å². The van der Waals surface area contributed by atoms with E-state index in [1.54, 1.807) is 12.4 Å². The van der Waals surface area contributed by atoms with E-state index in [4.69, 9.17) is 4.74 Å². The van der Waals surface area contributed by atoms with E-state index in [1.165, 1.54) is 20.1 Å². The third kappa shape index (κ3) is 6.70. The molecule has 0 aliphatic carbocycles. The van der Waals surface area contributed by atoms with Crippen LogP contribution < -0.4 is 10.9 Å². The van der Waals surface area contributed by atoms with Crippen LogP contribution in [0.1, 0.15) is 61.0 Å². The summed E-state index contributed by atoms with van der Waals surface area (Å²) in [5.74, 6) is -1.54. The van der Waals surface area contributed by atoms with E-state index < -0.39 is 35.3 Å². The molecule has 1 aromatic carbocycles. The molecule has 0 saturated heterocycles. The lowest BCUT2D eigenvalue weighted by atomic mass is 9.94. The molecule has 0 radical (unpaired) electrons. The largest absolute Gasteiger partial charge is 0.469 e. The number of nitrogens with one attached hydrogen (secondary N) is 1. The predicted octanol–water partition coefficient (Wildman–Crippen LogP) is 4.98. The molecule has 3 rings (SSSR count). The molecule has 0 bridgehead atoms. The third-order valence-electron chi connectivity index (χ3n) is 6.40. The number of rotatable bonds is 9. The molecule has 2 atom stereocenters. The first kappa shape index (κ1) is 27.8. The fraction of sp³-hybridized carbons (Fsp3) is 0.379. The Kier molecular flexibility index (Phi) is 8.97. The van der Waals surface area contributed by atoms with Gasteiger partial charge in [0.2, 0.25) is 5.91 Å². The number of hydrogen-bond acceptors (Lipinski definition) is 5. The van der Waals surface area contributed by atoms with Crippen molar-refractivity contribution in [2.45, 2.75) is 59.5 Å². The summed E-state index contributed by atoms with van der Waals surface area (Å²) in [5.41, 5.74) is 4.39. The van der Waals surface area contributed by atoms with Crippen molar-refractivity contribution in [2.24, 2.45) is 5.92 Å². The molecule has 0 unspecified atom stereocenters. The quantitative estimate of drug-likeness (QED) is 0.413. The van der Waals surface area contributed by atoms with Crippen molar-refractivity contribution in [1.29, 1.82) is 0 Å². The van der Waals surface area contributed by atoms with E-state index in [0.717, 1.165) is 33.0 Å². The van der Waals surface area contributed by atoms with Gasteiger partial charge in [0.1, 0.15) is 11.9 Å². The molecule has 37 heavy (non-hydrogen) atoms. The van der Waals surface area contributed by atoms with Gasteiger partial charge >= 0.3 is 5.97 Å². The maximum Gasteiger partial charge on any atom is 0.307 e. The van der Waals surface area contributed by atoms with Gasteiger partial charge in [-0.1, -0.05) is 32.0 Å². The normalized spacial score (nSPS) is 12.8. The summed E-state index contributed by atoms with van der Waals surface area (Å²) in [6, 6.07) is 7.35. The summed E-state index contributed by atoms with van der Waals surface area (Å²) in [7, 11) is 1.28. The Morgan fingerprint density at radius 1 is 1.08 bits per heavy atom. The highest BCUT2D eigenvalue weighted by Crippen LogP contribution is 2.30. The van der Waals surface area contributed by atoms with Crippen molar-refractivity contribution in [1.82, 2.24) is 14.9 Å². The summed E-state index contributed by atoms with van der Waals surface area (Å²) >= 11 is 0. The van der Waals surface area contributed by atoms with Crippen molar-refractivity contribution in [3.05, 3.63) is 87.3 Å². The number of esters is 1. The first-order valence-corrected chi connectivity index (χ1v) is 12.3. The SMILES string of the molecule is COC(=O)C[C@H](NC(=O)[C@H](CC(C)C)n1cc(F)c(C)cc1=O)c1cncc(-c2c(C)cccc2C)c1. The number of hydrogen-bond donors (Lipinski definition) is 1. The number of ether oxygens (including phenoxy) is 1. The number of benzene rings is 1. The van der Waals surface area contributed by atoms with Crippen LogP contribution in [0.25, 0.3) is 11.1 Å². The Hall–Kier alpha value is -3.81. The second kappa shape index (κ2) is 12.0. The van der Waals surface area contributed by atoms with Gasteiger partial charge in [-0.15, -0.1) is 0 Å². The van der Waals surface area contributed by atoms with Crippen molar-refractivity contribution in [3.63, 3.8) is 0 Å². The highest BCUT2D eigenvalue weighted by molar-refractivity contribution is 5.82. The van der Waals surface area contributed by atoms with E-state index in [1.807, 2.05) is 52.0 Å². The number of halogens is 1. The average molecular weight is 508 g/mol. The molecule has 7 nitrogen and oxygen atoms in total. The number of methoxy groups -OCH3 is 1. The lowest BCUT2D eigenvalue weighted by Crippen LogP contribution is -2.40. The van der Waals surface area contributed by atoms with Gasteiger partial charge < -0.3 is 14.6 Å². The van der Waals surface area contributed by atoms with Crippen LogP contribution in [0.4, 0.5) is 4.39 Å². The highest BCUT2D eigenvalue weighted by atomic mass is 19.1. The molecule has 3 aromatic rings. The number of amides is 1. The molecule has 2 aromatic heterocycles. The van der Waals surface area contributed by atoms with Gasteiger partial charge in [0, 0.05) is 30.2 Å². The monoisotopic (exact) mass is 507 g/mol. The van der Waals surface area contributed by atoms with Gasteiger partial charge in [0.15, 0.2) is 0 Å². The number of carbonyl (C=O) groups is 2. The first-order chi connectivity index (χ1) is 17.5. The standard InChI is InChI=1S/C29H34FN3O4/c1-17(2)10-25(33-16-23(30)20(5)11-26(33)34)29(36)32-24(13-27(35)37-6)21-12-22(15-31-14-21)28-18(3)8-7-9-19(28)4/h7-9,11-12,14-17,24-25H,10,13H2,1-6H3,(H,32,36)/t24-,25-/m0/s1. The topological polar surface area (TPSA) is 90.3 Å². The van der Waals surface area contributed by atoms with Crippen LogP contribution in [0.2, 0.25) is 0 Å². The zero-order valence-electron chi connectivity index (χ0n) is 22.2. The fourth-order valence-corrected chi connectivity index (χ4v) is 4.48. The third-order valence-corrected chi connectivity index (χ3v) is 6.40. The van der Waals surface area contributed by atoms with Crippen LogP contribution in [-0.4, -0.2) is 28.5 Å². The van der Waals surface area contributed by atoms with E-state index in [9.17, 15) is 18.8 Å². The summed E-state index contributed by atoms with van der Waals surface area (Å²) in [6.07, 6.45) is 4.58. The molecule has 0 aliphatic heterocycles. The van der Waals surface area contributed by atoms with Gasteiger partial charge in [0.05, 0.1) is 19.6 Å². The second-order valence-electron chi connectivity index (χ2n) is 9.81. The first-order valence-electron chi connectivity index (χ1n) is 12.3. The number of aryl methyl sites for hydroxylation is 3. The zero-order valence-corrected chi connectivity index (χ0v) is 22.2. The maximum atomic E-state index is 14.4. The maximum absolute atomic E-state index is 14.4. The summed E-state index contributed by atoms with van der Waals surface area (Å²) in [4.78, 5) is 43.0. The van der Waals surface area contributed by atoms with Crippen molar-refractivity contribution < 1.29 is 18.7 Å². The lowest BCUT2D eigenvalue weighted by Gasteiger charge is -2.25. The minimum atomic E-state index is -0.961. The number of nitrogens with zero attached hydrogens (tertiary/aromatic N) is 2. The molecule has 2 heterocycles. The minimum absolute atomic E-state index is 0.0418. The minimum Gasteiger partial charge on any atom is -0.469 e. The summed E-state index contributed by atoms with van der Waals surface area (Å²) < 4.78 is 20.4. The Morgan fingerprint density at radius 3 is 2.38 bits per heavy atom. The molecular formula is C29H34FN3O4. The van der Waals surface area contributed by atoms with Crippen LogP contribution in [0.15, 0.2) is 53.7 Å². The second-order valence-corrected chi connectivity index (χ2v) is 9.81. The Labute approximate surface area is 216 Å². The Bertz CT molecular complexity index is 1330. The molecule has 0 spiro atoms. The fourth-order valence-electron chi connectivity index (χ4n) is 4.48. The Morgan fingerprint density at radius 2 is 1.76 bits per heavy atom. The molecule has 0 aliphatic rings. The van der Waals surface area contributed by atoms with Gasteiger partial charge in [-0.3, -0.25) is 19.4 Å². The number of pyridine rings is 2. The van der Waals surface area contributed by atoms with Crippen molar-refractivity contribution in [3.8, 4) is 11.1 Å². The number of carbonyl (C=O) groups excluding carboxylic acids is 2. The van der Waals surface area contributed by atoms with Crippen LogP contribution in [0.5, 0.6) is 0 Å².